The van der Waals surface area contributed by atoms with Gasteiger partial charge >= 0.3 is 0 Å². The molecule has 6 nitrogen and oxygen atoms in total. The average Bonchev–Trinajstić information content (AvgIpc) is 3.06. The van der Waals surface area contributed by atoms with Crippen LogP contribution in [0.1, 0.15) is 18.4 Å². The van der Waals surface area contributed by atoms with Crippen LogP contribution >= 0.6 is 11.9 Å². The first kappa shape index (κ1) is 21.8. The second kappa shape index (κ2) is 10.8. The van der Waals surface area contributed by atoms with Crippen LogP contribution in [0.3, 0.4) is 0 Å². The molecule has 2 heterocycles. The molecule has 2 fully saturated rings. The molecule has 4 rings (SSSR count). The van der Waals surface area contributed by atoms with Gasteiger partial charge in [0.2, 0.25) is 0 Å². The van der Waals surface area contributed by atoms with Crippen LogP contribution in [0.15, 0.2) is 53.4 Å². The smallest absolute Gasteiger partial charge is 0.251 e. The standard InChI is InChI=1S/C24H28N4O2S/c25-16-21(27-24(29)23-17-26-11-1-14-30-23)15-18-3-5-19(6-4-18)20-7-9-22(10-8-20)31-28-12-2-13-28/h3-10,21,23,26H,1-2,11-15,17H2,(H,27,29)/t21-,23-/m0/s1. The number of carbonyl (C=O) groups excluding carboxylic acids is 1. The maximum absolute atomic E-state index is 12.4. The van der Waals surface area contributed by atoms with Gasteiger partial charge < -0.3 is 15.4 Å². The van der Waals surface area contributed by atoms with Crippen molar-refractivity contribution in [3.63, 3.8) is 0 Å². The highest BCUT2D eigenvalue weighted by molar-refractivity contribution is 7.97. The van der Waals surface area contributed by atoms with E-state index in [-0.39, 0.29) is 5.91 Å². The van der Waals surface area contributed by atoms with Gasteiger partial charge in [0.25, 0.3) is 5.91 Å². The van der Waals surface area contributed by atoms with Gasteiger partial charge in [0.15, 0.2) is 0 Å². The summed E-state index contributed by atoms with van der Waals surface area (Å²) in [5.41, 5.74) is 3.32. The third-order valence-corrected chi connectivity index (χ3v) is 6.65. The first-order valence-electron chi connectivity index (χ1n) is 10.9. The van der Waals surface area contributed by atoms with Gasteiger partial charge in [-0.2, -0.15) is 5.26 Å². The van der Waals surface area contributed by atoms with Gasteiger partial charge in [-0.3, -0.25) is 4.79 Å². The highest BCUT2D eigenvalue weighted by Crippen LogP contribution is 2.29. The quantitative estimate of drug-likeness (QED) is 0.650. The van der Waals surface area contributed by atoms with E-state index in [1.807, 2.05) is 24.1 Å². The van der Waals surface area contributed by atoms with E-state index in [1.165, 1.54) is 30.0 Å². The maximum Gasteiger partial charge on any atom is 0.251 e. The molecular formula is C24H28N4O2S. The highest BCUT2D eigenvalue weighted by Gasteiger charge is 2.23. The molecule has 0 aliphatic carbocycles. The summed E-state index contributed by atoms with van der Waals surface area (Å²) in [6.07, 6.45) is 2.11. The van der Waals surface area contributed by atoms with Crippen molar-refractivity contribution in [3.8, 4) is 17.2 Å². The van der Waals surface area contributed by atoms with Gasteiger partial charge in [0.1, 0.15) is 12.1 Å². The van der Waals surface area contributed by atoms with Crippen molar-refractivity contribution in [3.05, 3.63) is 54.1 Å². The number of ether oxygens (including phenoxy) is 1. The molecule has 2 aromatic carbocycles. The fourth-order valence-electron chi connectivity index (χ4n) is 3.58. The molecule has 7 heteroatoms. The van der Waals surface area contributed by atoms with Crippen LogP contribution in [0.25, 0.3) is 11.1 Å². The molecular weight excluding hydrogens is 408 g/mol. The zero-order valence-corrected chi connectivity index (χ0v) is 18.4. The maximum atomic E-state index is 12.4. The lowest BCUT2D eigenvalue weighted by molar-refractivity contribution is -0.132. The van der Waals surface area contributed by atoms with E-state index in [2.05, 4.69) is 57.4 Å². The van der Waals surface area contributed by atoms with Crippen LogP contribution in [0.4, 0.5) is 0 Å². The molecule has 2 atom stereocenters. The van der Waals surface area contributed by atoms with E-state index in [0.717, 1.165) is 24.1 Å². The second-order valence-electron chi connectivity index (χ2n) is 7.91. The summed E-state index contributed by atoms with van der Waals surface area (Å²) >= 11 is 1.82. The lowest BCUT2D eigenvalue weighted by Gasteiger charge is -2.29. The number of amides is 1. The van der Waals surface area contributed by atoms with E-state index in [9.17, 15) is 10.1 Å². The topological polar surface area (TPSA) is 77.4 Å². The minimum Gasteiger partial charge on any atom is -0.367 e. The van der Waals surface area contributed by atoms with Gasteiger partial charge in [0.05, 0.1) is 6.07 Å². The van der Waals surface area contributed by atoms with Crippen LogP contribution in [0.2, 0.25) is 0 Å². The number of benzene rings is 2. The second-order valence-corrected chi connectivity index (χ2v) is 9.08. The number of carbonyl (C=O) groups is 1. The van der Waals surface area contributed by atoms with E-state index in [4.69, 9.17) is 4.74 Å². The molecule has 1 amide bonds. The fourth-order valence-corrected chi connectivity index (χ4v) is 4.58. The summed E-state index contributed by atoms with van der Waals surface area (Å²) in [4.78, 5) is 13.7. The predicted octanol–water partition coefficient (Wildman–Crippen LogP) is 3.00. The number of nitrogens with zero attached hydrogens (tertiary/aromatic N) is 2. The molecule has 0 bridgehead atoms. The monoisotopic (exact) mass is 436 g/mol. The first-order valence-corrected chi connectivity index (χ1v) is 11.6. The van der Waals surface area contributed by atoms with Gasteiger partial charge in [-0.25, -0.2) is 4.31 Å². The van der Waals surface area contributed by atoms with E-state index in [0.29, 0.717) is 19.6 Å². The van der Waals surface area contributed by atoms with Crippen molar-refractivity contribution in [1.82, 2.24) is 14.9 Å². The number of nitriles is 1. The minimum atomic E-state index is -0.581. The molecule has 31 heavy (non-hydrogen) atoms. The van der Waals surface area contributed by atoms with Crippen molar-refractivity contribution in [2.24, 2.45) is 0 Å². The van der Waals surface area contributed by atoms with Crippen LogP contribution in [-0.2, 0) is 16.0 Å². The molecule has 2 aromatic rings. The molecule has 2 aliphatic rings. The SMILES string of the molecule is N#C[C@H](Cc1ccc(-c2ccc(SN3CCC3)cc2)cc1)NC(=O)[C@@H]1CNCCCO1. The first-order chi connectivity index (χ1) is 15.2. The normalized spacial score (nSPS) is 20.2. The Morgan fingerprint density at radius 2 is 1.87 bits per heavy atom. The molecule has 0 saturated carbocycles. The van der Waals surface area contributed by atoms with E-state index in [1.54, 1.807) is 0 Å². The molecule has 2 saturated heterocycles. The van der Waals surface area contributed by atoms with Crippen molar-refractivity contribution in [2.75, 3.05) is 32.8 Å². The van der Waals surface area contributed by atoms with Gasteiger partial charge in [0, 0.05) is 37.6 Å². The Labute approximate surface area is 188 Å². The van der Waals surface area contributed by atoms with Crippen LogP contribution < -0.4 is 10.6 Å². The Kier molecular flexibility index (Phi) is 7.60. The summed E-state index contributed by atoms with van der Waals surface area (Å²) < 4.78 is 7.94. The van der Waals surface area contributed by atoms with Gasteiger partial charge in [-0.1, -0.05) is 36.4 Å². The Morgan fingerprint density at radius 1 is 1.16 bits per heavy atom. The summed E-state index contributed by atoms with van der Waals surface area (Å²) in [5.74, 6) is -0.228. The van der Waals surface area contributed by atoms with Crippen molar-refractivity contribution >= 4 is 17.9 Å². The molecule has 0 aromatic heterocycles. The molecule has 2 aliphatic heterocycles. The summed E-state index contributed by atoms with van der Waals surface area (Å²) in [7, 11) is 0. The summed E-state index contributed by atoms with van der Waals surface area (Å²) in [6, 6.07) is 18.4. The fraction of sp³-hybridized carbons (Fsp3) is 0.417. The molecule has 0 spiro atoms. The lowest BCUT2D eigenvalue weighted by Crippen LogP contribution is -2.46. The number of hydrogen-bond acceptors (Lipinski definition) is 6. The lowest BCUT2D eigenvalue weighted by atomic mass is 10.0. The highest BCUT2D eigenvalue weighted by atomic mass is 32.2. The van der Waals surface area contributed by atoms with Crippen LogP contribution in [0.5, 0.6) is 0 Å². The molecule has 162 valence electrons. The molecule has 0 radical (unpaired) electrons. The van der Waals surface area contributed by atoms with Crippen molar-refractivity contribution < 1.29 is 9.53 Å². The average molecular weight is 437 g/mol. The van der Waals surface area contributed by atoms with Gasteiger partial charge in [-0.15, -0.1) is 0 Å². The zero-order valence-electron chi connectivity index (χ0n) is 17.5. The molecule has 0 unspecified atom stereocenters. The minimum absolute atomic E-state index is 0.228. The van der Waals surface area contributed by atoms with Gasteiger partial charge in [-0.05, 0) is 60.2 Å². The Bertz CT molecular complexity index is 899. The van der Waals surface area contributed by atoms with E-state index < -0.39 is 12.1 Å². The zero-order chi connectivity index (χ0) is 21.5. The van der Waals surface area contributed by atoms with Crippen molar-refractivity contribution in [2.45, 2.75) is 36.3 Å². The summed E-state index contributed by atoms with van der Waals surface area (Å²) in [5, 5.41) is 15.5. The Morgan fingerprint density at radius 3 is 2.52 bits per heavy atom. The number of nitrogens with one attached hydrogen (secondary N) is 2. The molecule has 2 N–H and O–H groups in total. The predicted molar refractivity (Wildman–Crippen MR) is 122 cm³/mol. The number of rotatable bonds is 7. The third kappa shape index (κ3) is 6.08. The van der Waals surface area contributed by atoms with Crippen molar-refractivity contribution in [1.29, 1.82) is 5.26 Å². The van der Waals surface area contributed by atoms with E-state index >= 15 is 0 Å². The largest absolute Gasteiger partial charge is 0.367 e. The number of hydrogen-bond donors (Lipinski definition) is 2. The van der Waals surface area contributed by atoms with Crippen LogP contribution in [-0.4, -0.2) is 55.1 Å². The third-order valence-electron chi connectivity index (χ3n) is 5.54. The summed E-state index contributed by atoms with van der Waals surface area (Å²) in [6.45, 7) is 4.22. The Balaban J connectivity index is 1.32. The van der Waals surface area contributed by atoms with Crippen LogP contribution in [0, 0.1) is 11.3 Å². The Hall–Kier alpha value is -2.37.